The molecule has 1 aromatic rings. The van der Waals surface area contributed by atoms with Crippen molar-refractivity contribution in [1.82, 2.24) is 9.55 Å². The number of hydrogen-bond acceptors (Lipinski definition) is 2. The highest BCUT2D eigenvalue weighted by Gasteiger charge is 2.21. The van der Waals surface area contributed by atoms with Crippen LogP contribution < -0.4 is 5.73 Å². The molecule has 0 spiro atoms. The molecule has 1 fully saturated rings. The Morgan fingerprint density at radius 2 is 2.18 bits per heavy atom. The topological polar surface area (TPSA) is 43.8 Å². The van der Waals surface area contributed by atoms with Crippen LogP contribution in [0.2, 0.25) is 0 Å². The molecule has 1 heterocycles. The van der Waals surface area contributed by atoms with Crippen molar-refractivity contribution in [2.24, 2.45) is 11.7 Å². The van der Waals surface area contributed by atoms with Crippen molar-refractivity contribution in [3.8, 4) is 0 Å². The van der Waals surface area contributed by atoms with Gasteiger partial charge in [0.2, 0.25) is 0 Å². The average Bonchev–Trinajstić information content (AvgIpc) is 2.78. The van der Waals surface area contributed by atoms with E-state index in [0.29, 0.717) is 6.04 Å². The van der Waals surface area contributed by atoms with Crippen LogP contribution in [0.15, 0.2) is 12.4 Å². The highest BCUT2D eigenvalue weighted by atomic mass is 15.1. The number of aromatic nitrogens is 2. The smallest absolute Gasteiger partial charge is 0.110 e. The fraction of sp³-hybridized carbons (Fsp3) is 0.786. The number of nitrogens with two attached hydrogens (primary N) is 1. The van der Waals surface area contributed by atoms with Crippen LogP contribution in [0.4, 0.5) is 0 Å². The van der Waals surface area contributed by atoms with Crippen molar-refractivity contribution in [3.05, 3.63) is 18.2 Å². The SMILES string of the molecule is CCCn1ccnc1CC(N)C1CCCCC1. The van der Waals surface area contributed by atoms with Gasteiger partial charge in [-0.3, -0.25) is 0 Å². The molecule has 0 saturated heterocycles. The maximum Gasteiger partial charge on any atom is 0.110 e. The van der Waals surface area contributed by atoms with Gasteiger partial charge in [-0.25, -0.2) is 4.98 Å². The van der Waals surface area contributed by atoms with Gasteiger partial charge in [0.1, 0.15) is 5.82 Å². The summed E-state index contributed by atoms with van der Waals surface area (Å²) in [7, 11) is 0. The van der Waals surface area contributed by atoms with Crippen molar-refractivity contribution in [2.75, 3.05) is 0 Å². The zero-order chi connectivity index (χ0) is 12.1. The molecular formula is C14H25N3. The number of hydrogen-bond donors (Lipinski definition) is 1. The summed E-state index contributed by atoms with van der Waals surface area (Å²) in [5.41, 5.74) is 6.35. The Balaban J connectivity index is 1.92. The second kappa shape index (κ2) is 6.20. The van der Waals surface area contributed by atoms with E-state index in [0.717, 1.165) is 25.3 Å². The first-order chi connectivity index (χ1) is 8.31. The van der Waals surface area contributed by atoms with Crippen LogP contribution in [-0.4, -0.2) is 15.6 Å². The van der Waals surface area contributed by atoms with E-state index in [-0.39, 0.29) is 0 Å². The van der Waals surface area contributed by atoms with Gasteiger partial charge in [-0.15, -0.1) is 0 Å². The zero-order valence-corrected chi connectivity index (χ0v) is 10.9. The van der Waals surface area contributed by atoms with E-state index in [1.54, 1.807) is 0 Å². The number of nitrogens with zero attached hydrogens (tertiary/aromatic N) is 2. The normalized spacial score (nSPS) is 19.4. The molecule has 2 rings (SSSR count). The lowest BCUT2D eigenvalue weighted by atomic mass is 9.83. The molecule has 1 atom stereocenters. The Morgan fingerprint density at radius 1 is 1.41 bits per heavy atom. The van der Waals surface area contributed by atoms with Gasteiger partial charge in [0, 0.05) is 31.4 Å². The van der Waals surface area contributed by atoms with Crippen molar-refractivity contribution in [2.45, 2.75) is 64.5 Å². The van der Waals surface area contributed by atoms with Gasteiger partial charge in [0.15, 0.2) is 0 Å². The summed E-state index contributed by atoms with van der Waals surface area (Å²) in [5, 5.41) is 0. The van der Waals surface area contributed by atoms with Gasteiger partial charge < -0.3 is 10.3 Å². The predicted octanol–water partition coefficient (Wildman–Crippen LogP) is 2.74. The molecule has 2 N–H and O–H groups in total. The molecule has 17 heavy (non-hydrogen) atoms. The molecule has 96 valence electrons. The second-order valence-electron chi connectivity index (χ2n) is 5.30. The summed E-state index contributed by atoms with van der Waals surface area (Å²) in [6, 6.07) is 0.299. The van der Waals surface area contributed by atoms with Gasteiger partial charge in [-0.1, -0.05) is 26.2 Å². The maximum absolute atomic E-state index is 6.35. The molecule has 1 aromatic heterocycles. The third kappa shape index (κ3) is 3.32. The Labute approximate surface area is 104 Å². The van der Waals surface area contributed by atoms with Gasteiger partial charge in [0.05, 0.1) is 0 Å². The van der Waals surface area contributed by atoms with E-state index in [1.165, 1.54) is 37.9 Å². The molecule has 0 radical (unpaired) electrons. The summed E-state index contributed by atoms with van der Waals surface area (Å²) in [5.74, 6) is 1.89. The molecule has 1 aliphatic carbocycles. The average molecular weight is 235 g/mol. The molecule has 0 amide bonds. The molecule has 0 aliphatic heterocycles. The fourth-order valence-corrected chi connectivity index (χ4v) is 2.91. The first kappa shape index (κ1) is 12.6. The monoisotopic (exact) mass is 235 g/mol. The van der Waals surface area contributed by atoms with E-state index in [2.05, 4.69) is 22.7 Å². The second-order valence-corrected chi connectivity index (χ2v) is 5.30. The van der Waals surface area contributed by atoms with E-state index in [4.69, 9.17) is 5.73 Å². The highest BCUT2D eigenvalue weighted by Crippen LogP contribution is 2.26. The molecule has 3 nitrogen and oxygen atoms in total. The van der Waals surface area contributed by atoms with Crippen LogP contribution >= 0.6 is 0 Å². The summed E-state index contributed by atoms with van der Waals surface area (Å²) in [4.78, 5) is 4.45. The Morgan fingerprint density at radius 3 is 2.88 bits per heavy atom. The van der Waals surface area contributed by atoms with Crippen molar-refractivity contribution < 1.29 is 0 Å². The van der Waals surface area contributed by atoms with E-state index < -0.39 is 0 Å². The first-order valence-corrected chi connectivity index (χ1v) is 7.07. The quantitative estimate of drug-likeness (QED) is 0.853. The third-order valence-electron chi connectivity index (χ3n) is 3.94. The summed E-state index contributed by atoms with van der Waals surface area (Å²) < 4.78 is 2.25. The predicted molar refractivity (Wildman–Crippen MR) is 70.8 cm³/mol. The van der Waals surface area contributed by atoms with Crippen LogP contribution in [0.5, 0.6) is 0 Å². The summed E-state index contributed by atoms with van der Waals surface area (Å²) in [6.07, 6.45) is 12.8. The van der Waals surface area contributed by atoms with Crippen LogP contribution in [0.1, 0.15) is 51.3 Å². The fourth-order valence-electron chi connectivity index (χ4n) is 2.91. The molecule has 0 bridgehead atoms. The Bertz CT molecular complexity index is 326. The number of aryl methyl sites for hydroxylation is 1. The molecule has 1 saturated carbocycles. The standard InChI is InChI=1S/C14H25N3/c1-2-9-17-10-8-16-14(17)11-13(15)12-6-4-3-5-7-12/h8,10,12-13H,2-7,9,11,15H2,1H3. The minimum atomic E-state index is 0.299. The first-order valence-electron chi connectivity index (χ1n) is 7.07. The van der Waals surface area contributed by atoms with Gasteiger partial charge >= 0.3 is 0 Å². The molecule has 3 heteroatoms. The van der Waals surface area contributed by atoms with Gasteiger partial charge in [0.25, 0.3) is 0 Å². The van der Waals surface area contributed by atoms with E-state index >= 15 is 0 Å². The van der Waals surface area contributed by atoms with Gasteiger partial charge in [-0.2, -0.15) is 0 Å². The molecular weight excluding hydrogens is 210 g/mol. The van der Waals surface area contributed by atoms with Gasteiger partial charge in [-0.05, 0) is 25.2 Å². The van der Waals surface area contributed by atoms with E-state index in [1.807, 2.05) is 6.20 Å². The molecule has 0 aromatic carbocycles. The lowest BCUT2D eigenvalue weighted by Crippen LogP contribution is -2.34. The number of rotatable bonds is 5. The number of imidazole rings is 1. The maximum atomic E-state index is 6.35. The Hall–Kier alpha value is -0.830. The van der Waals surface area contributed by atoms with Crippen LogP contribution in [0.25, 0.3) is 0 Å². The van der Waals surface area contributed by atoms with Crippen molar-refractivity contribution in [1.29, 1.82) is 0 Å². The largest absolute Gasteiger partial charge is 0.335 e. The molecule has 1 unspecified atom stereocenters. The minimum Gasteiger partial charge on any atom is -0.335 e. The minimum absolute atomic E-state index is 0.299. The van der Waals surface area contributed by atoms with Crippen molar-refractivity contribution >= 4 is 0 Å². The van der Waals surface area contributed by atoms with Crippen LogP contribution in [0.3, 0.4) is 0 Å². The Kier molecular flexibility index (Phi) is 4.60. The zero-order valence-electron chi connectivity index (χ0n) is 10.9. The summed E-state index contributed by atoms with van der Waals surface area (Å²) in [6.45, 7) is 3.26. The third-order valence-corrected chi connectivity index (χ3v) is 3.94. The lowest BCUT2D eigenvalue weighted by molar-refractivity contribution is 0.299. The summed E-state index contributed by atoms with van der Waals surface area (Å²) >= 11 is 0. The lowest BCUT2D eigenvalue weighted by Gasteiger charge is -2.27. The van der Waals surface area contributed by atoms with Crippen molar-refractivity contribution in [3.63, 3.8) is 0 Å². The van der Waals surface area contributed by atoms with Crippen LogP contribution in [-0.2, 0) is 13.0 Å². The molecule has 1 aliphatic rings. The highest BCUT2D eigenvalue weighted by molar-refractivity contribution is 4.96. The van der Waals surface area contributed by atoms with E-state index in [9.17, 15) is 0 Å². The van der Waals surface area contributed by atoms with Crippen LogP contribution in [0, 0.1) is 5.92 Å².